The molecule has 4 N–H and O–H groups in total. The minimum absolute atomic E-state index is 0.172. The summed E-state index contributed by atoms with van der Waals surface area (Å²) in [6.07, 6.45) is 0. The zero-order chi connectivity index (χ0) is 15.7. The number of nitrogen functional groups attached to an aromatic ring is 1. The van der Waals surface area contributed by atoms with Crippen molar-refractivity contribution in [3.63, 3.8) is 0 Å². The summed E-state index contributed by atoms with van der Waals surface area (Å²) in [5.41, 5.74) is 4.61. The number of thiazole rings is 1. The van der Waals surface area contributed by atoms with Gasteiger partial charge in [-0.15, -0.1) is 0 Å². The molecule has 112 valence electrons. The average molecular weight is 442 g/mol. The van der Waals surface area contributed by atoms with Gasteiger partial charge < -0.3 is 5.32 Å². The number of carbonyl (C=O) groups is 1. The van der Waals surface area contributed by atoms with Crippen LogP contribution in [0.5, 0.6) is 0 Å². The highest BCUT2D eigenvalue weighted by Crippen LogP contribution is 2.33. The van der Waals surface area contributed by atoms with Gasteiger partial charge in [0.05, 0.1) is 10.2 Å². The van der Waals surface area contributed by atoms with Crippen LogP contribution in [-0.2, 0) is 0 Å². The van der Waals surface area contributed by atoms with Crippen molar-refractivity contribution in [3.05, 3.63) is 50.9 Å². The zero-order valence-corrected chi connectivity index (χ0v) is 15.0. The van der Waals surface area contributed by atoms with E-state index in [9.17, 15) is 4.79 Å². The fourth-order valence-electron chi connectivity index (χ4n) is 1.96. The van der Waals surface area contributed by atoms with Crippen molar-refractivity contribution in [1.82, 2.24) is 4.98 Å². The molecular formula is C14H10Br2N4OS. The largest absolute Gasteiger partial charge is 0.322 e. The van der Waals surface area contributed by atoms with E-state index < -0.39 is 0 Å². The second-order valence-electron chi connectivity index (χ2n) is 4.43. The van der Waals surface area contributed by atoms with Crippen molar-refractivity contribution >= 4 is 70.1 Å². The van der Waals surface area contributed by atoms with E-state index in [1.807, 2.05) is 24.3 Å². The third kappa shape index (κ3) is 3.14. The molecule has 3 aromatic rings. The van der Waals surface area contributed by atoms with Gasteiger partial charge >= 0.3 is 0 Å². The van der Waals surface area contributed by atoms with Crippen LogP contribution in [0.4, 0.5) is 10.8 Å². The third-order valence-electron chi connectivity index (χ3n) is 2.92. The van der Waals surface area contributed by atoms with Crippen molar-refractivity contribution in [2.75, 3.05) is 10.7 Å². The van der Waals surface area contributed by atoms with Gasteiger partial charge in [0, 0.05) is 20.2 Å². The molecule has 0 bridgehead atoms. The molecule has 0 aliphatic carbocycles. The molecule has 3 rings (SSSR count). The van der Waals surface area contributed by atoms with E-state index in [4.69, 9.17) is 5.84 Å². The van der Waals surface area contributed by atoms with E-state index in [1.165, 1.54) is 11.3 Å². The smallest absolute Gasteiger partial charge is 0.255 e. The Balaban J connectivity index is 1.92. The first-order valence-electron chi connectivity index (χ1n) is 6.20. The number of aromatic nitrogens is 1. The summed E-state index contributed by atoms with van der Waals surface area (Å²) in [7, 11) is 0. The van der Waals surface area contributed by atoms with Crippen LogP contribution in [0.2, 0.25) is 0 Å². The molecule has 22 heavy (non-hydrogen) atoms. The van der Waals surface area contributed by atoms with Crippen molar-refractivity contribution in [1.29, 1.82) is 0 Å². The van der Waals surface area contributed by atoms with Gasteiger partial charge in [-0.25, -0.2) is 10.8 Å². The van der Waals surface area contributed by atoms with Gasteiger partial charge in [0.15, 0.2) is 5.13 Å². The maximum Gasteiger partial charge on any atom is 0.255 e. The van der Waals surface area contributed by atoms with Crippen LogP contribution in [0.3, 0.4) is 0 Å². The van der Waals surface area contributed by atoms with Crippen LogP contribution >= 0.6 is 43.2 Å². The Bertz CT molecular complexity index is 865. The first-order chi connectivity index (χ1) is 10.6. The van der Waals surface area contributed by atoms with E-state index in [0.717, 1.165) is 19.2 Å². The van der Waals surface area contributed by atoms with Gasteiger partial charge in [0.1, 0.15) is 0 Å². The van der Waals surface area contributed by atoms with Crippen molar-refractivity contribution < 1.29 is 4.79 Å². The SMILES string of the molecule is NNc1nc2c(Br)cc(NC(=O)c3cccc(Br)c3)cc2s1. The number of rotatable bonds is 3. The maximum absolute atomic E-state index is 12.3. The van der Waals surface area contributed by atoms with Gasteiger partial charge in [-0.1, -0.05) is 33.3 Å². The number of hydrogen-bond acceptors (Lipinski definition) is 5. The Kier molecular flexibility index (Phi) is 4.44. The second kappa shape index (κ2) is 6.33. The standard InChI is InChI=1S/C14H10Br2N4OS/c15-8-3-1-2-7(4-8)13(21)18-9-5-10(16)12-11(6-9)22-14(19-12)20-17/h1-6H,17H2,(H,18,21)(H,19,20). The summed E-state index contributed by atoms with van der Waals surface area (Å²) < 4.78 is 2.58. The van der Waals surface area contributed by atoms with E-state index >= 15 is 0 Å². The van der Waals surface area contributed by atoms with Crippen LogP contribution in [0, 0.1) is 0 Å². The lowest BCUT2D eigenvalue weighted by Crippen LogP contribution is -2.11. The first-order valence-corrected chi connectivity index (χ1v) is 8.60. The van der Waals surface area contributed by atoms with Gasteiger partial charge in [0.2, 0.25) is 0 Å². The molecule has 0 radical (unpaired) electrons. The summed E-state index contributed by atoms with van der Waals surface area (Å²) in [6.45, 7) is 0. The number of hydrogen-bond donors (Lipinski definition) is 3. The molecular weight excluding hydrogens is 432 g/mol. The number of anilines is 2. The minimum atomic E-state index is -0.172. The molecule has 0 aliphatic rings. The lowest BCUT2D eigenvalue weighted by Gasteiger charge is -2.06. The van der Waals surface area contributed by atoms with Crippen LogP contribution < -0.4 is 16.6 Å². The molecule has 0 aliphatic heterocycles. The number of amides is 1. The molecule has 1 amide bonds. The maximum atomic E-state index is 12.3. The number of nitrogens with two attached hydrogens (primary N) is 1. The average Bonchev–Trinajstić information content (AvgIpc) is 2.91. The number of nitrogens with one attached hydrogen (secondary N) is 2. The van der Waals surface area contributed by atoms with Gasteiger partial charge in [0.25, 0.3) is 5.91 Å². The van der Waals surface area contributed by atoms with Crippen molar-refractivity contribution in [2.24, 2.45) is 5.84 Å². The molecule has 1 heterocycles. The van der Waals surface area contributed by atoms with Crippen LogP contribution in [0.15, 0.2) is 45.3 Å². The molecule has 1 aromatic heterocycles. The van der Waals surface area contributed by atoms with Gasteiger partial charge in [-0.2, -0.15) is 0 Å². The summed E-state index contributed by atoms with van der Waals surface area (Å²) in [6, 6.07) is 10.9. The molecule has 0 saturated heterocycles. The fraction of sp³-hybridized carbons (Fsp3) is 0. The molecule has 0 fully saturated rings. The summed E-state index contributed by atoms with van der Waals surface area (Å²) in [5.74, 6) is 5.21. The normalized spacial score (nSPS) is 10.7. The number of halogens is 2. The predicted molar refractivity (Wildman–Crippen MR) is 97.2 cm³/mol. The monoisotopic (exact) mass is 440 g/mol. The Morgan fingerprint density at radius 1 is 1.23 bits per heavy atom. The molecule has 8 heteroatoms. The lowest BCUT2D eigenvalue weighted by atomic mass is 10.2. The third-order valence-corrected chi connectivity index (χ3v) is 4.95. The van der Waals surface area contributed by atoms with E-state index in [0.29, 0.717) is 16.4 Å². The minimum Gasteiger partial charge on any atom is -0.322 e. The topological polar surface area (TPSA) is 80.0 Å². The summed E-state index contributed by atoms with van der Waals surface area (Å²) in [5, 5.41) is 3.50. The highest BCUT2D eigenvalue weighted by Gasteiger charge is 2.11. The summed E-state index contributed by atoms with van der Waals surface area (Å²) in [4.78, 5) is 16.6. The van der Waals surface area contributed by atoms with E-state index in [-0.39, 0.29) is 5.91 Å². The number of nitrogens with zero attached hydrogens (tertiary/aromatic N) is 1. The van der Waals surface area contributed by atoms with E-state index in [2.05, 4.69) is 47.6 Å². The molecule has 0 unspecified atom stereocenters. The Morgan fingerprint density at radius 3 is 2.77 bits per heavy atom. The Hall–Kier alpha value is -1.48. The number of hydrazine groups is 1. The van der Waals surface area contributed by atoms with Crippen LogP contribution in [0.1, 0.15) is 10.4 Å². The molecule has 2 aromatic carbocycles. The molecule has 0 saturated carbocycles. The fourth-order valence-corrected chi connectivity index (χ4v) is 3.88. The summed E-state index contributed by atoms with van der Waals surface area (Å²) >= 11 is 8.24. The zero-order valence-electron chi connectivity index (χ0n) is 11.1. The first kappa shape index (κ1) is 15.4. The van der Waals surface area contributed by atoms with Crippen LogP contribution in [-0.4, -0.2) is 10.9 Å². The number of fused-ring (bicyclic) bond motifs is 1. The second-order valence-corrected chi connectivity index (χ2v) is 7.23. The van der Waals surface area contributed by atoms with Gasteiger partial charge in [-0.05, 0) is 46.3 Å². The highest BCUT2D eigenvalue weighted by molar-refractivity contribution is 9.11. The van der Waals surface area contributed by atoms with Gasteiger partial charge in [-0.3, -0.25) is 10.2 Å². The molecule has 0 spiro atoms. The molecule has 0 atom stereocenters. The number of carbonyl (C=O) groups excluding carboxylic acids is 1. The van der Waals surface area contributed by atoms with Crippen LogP contribution in [0.25, 0.3) is 10.2 Å². The van der Waals surface area contributed by atoms with Crippen molar-refractivity contribution in [3.8, 4) is 0 Å². The highest BCUT2D eigenvalue weighted by atomic mass is 79.9. The predicted octanol–water partition coefficient (Wildman–Crippen LogP) is 4.36. The quantitative estimate of drug-likeness (QED) is 0.416. The molecule has 5 nitrogen and oxygen atoms in total. The van der Waals surface area contributed by atoms with E-state index in [1.54, 1.807) is 12.1 Å². The lowest BCUT2D eigenvalue weighted by molar-refractivity contribution is 0.102. The Labute approximate surface area is 147 Å². The number of benzene rings is 2. The van der Waals surface area contributed by atoms with Crippen molar-refractivity contribution in [2.45, 2.75) is 0 Å². The Morgan fingerprint density at radius 2 is 2.05 bits per heavy atom.